The number of aromatic nitrogens is 1. The lowest BCUT2D eigenvalue weighted by Gasteiger charge is -2.20. The van der Waals surface area contributed by atoms with Gasteiger partial charge in [0.25, 0.3) is 0 Å². The third-order valence-electron chi connectivity index (χ3n) is 4.82. The van der Waals surface area contributed by atoms with Crippen molar-refractivity contribution in [2.45, 2.75) is 23.8 Å². The maximum absolute atomic E-state index is 12.6. The molecule has 20 heavy (non-hydrogen) atoms. The lowest BCUT2D eigenvalue weighted by molar-refractivity contribution is 0.288. The summed E-state index contributed by atoms with van der Waals surface area (Å²) in [7, 11) is -3.35. The van der Waals surface area contributed by atoms with Crippen LogP contribution in [0, 0.1) is 11.8 Å². The smallest absolute Gasteiger partial charge is 0.244 e. The molecule has 2 unspecified atom stereocenters. The summed E-state index contributed by atoms with van der Waals surface area (Å²) in [4.78, 5) is 6.80. The highest BCUT2D eigenvalue weighted by atomic mass is 32.2. The third kappa shape index (κ3) is 2.06. The molecule has 3 fully saturated rings. The summed E-state index contributed by atoms with van der Waals surface area (Å²) in [6.45, 7) is 3.50. The Morgan fingerprint density at radius 3 is 2.35 bits per heavy atom. The molecule has 5 nitrogen and oxygen atoms in total. The first-order valence-corrected chi connectivity index (χ1v) is 8.73. The van der Waals surface area contributed by atoms with Gasteiger partial charge in [-0.25, -0.2) is 8.42 Å². The zero-order valence-corrected chi connectivity index (χ0v) is 12.2. The van der Waals surface area contributed by atoms with Crippen LogP contribution in [-0.2, 0) is 10.0 Å². The first-order valence-electron chi connectivity index (χ1n) is 7.29. The molecule has 0 amide bonds. The molecule has 2 aliphatic heterocycles. The molecule has 6 heteroatoms. The standard InChI is InChI=1S/C14H19N3O2S/c18-20(19,14-2-1-5-15-6-14)17-9-11-7-16(13-3-4-13)8-12(11)10-17/h1-2,5-6,11-13H,3-4,7-10H2. The Kier molecular flexibility index (Phi) is 2.87. The van der Waals surface area contributed by atoms with Gasteiger partial charge in [0.15, 0.2) is 0 Å². The first-order chi connectivity index (χ1) is 9.64. The quantitative estimate of drug-likeness (QED) is 0.827. The Labute approximate surface area is 119 Å². The average molecular weight is 293 g/mol. The van der Waals surface area contributed by atoms with E-state index in [1.165, 1.54) is 19.0 Å². The molecule has 0 N–H and O–H groups in total. The second-order valence-electron chi connectivity index (χ2n) is 6.22. The number of likely N-dealkylation sites (tertiary alicyclic amines) is 1. The van der Waals surface area contributed by atoms with Crippen LogP contribution in [0.1, 0.15) is 12.8 Å². The molecule has 0 radical (unpaired) electrons. The van der Waals surface area contributed by atoms with Crippen molar-refractivity contribution in [3.8, 4) is 0 Å². The molecule has 0 bridgehead atoms. The molecular formula is C14H19N3O2S. The van der Waals surface area contributed by atoms with Crippen LogP contribution in [0.3, 0.4) is 0 Å². The fraction of sp³-hybridized carbons (Fsp3) is 0.643. The number of nitrogens with zero attached hydrogens (tertiary/aromatic N) is 3. The van der Waals surface area contributed by atoms with E-state index in [4.69, 9.17) is 0 Å². The highest BCUT2D eigenvalue weighted by molar-refractivity contribution is 7.89. The van der Waals surface area contributed by atoms with E-state index < -0.39 is 10.0 Å². The molecule has 1 aliphatic carbocycles. The van der Waals surface area contributed by atoms with Gasteiger partial charge in [-0.15, -0.1) is 0 Å². The Bertz CT molecular complexity index is 586. The second kappa shape index (κ2) is 4.51. The third-order valence-corrected chi connectivity index (χ3v) is 6.63. The molecule has 4 rings (SSSR count). The normalized spacial score (nSPS) is 31.6. The molecule has 0 spiro atoms. The molecule has 1 aromatic rings. The van der Waals surface area contributed by atoms with Crippen LogP contribution in [0.4, 0.5) is 0 Å². The SMILES string of the molecule is O=S(=O)(c1cccnc1)N1CC2CN(C3CC3)CC2C1. The van der Waals surface area contributed by atoms with Crippen molar-refractivity contribution < 1.29 is 8.42 Å². The van der Waals surface area contributed by atoms with Crippen LogP contribution in [0.15, 0.2) is 29.4 Å². The van der Waals surface area contributed by atoms with Gasteiger partial charge in [0.1, 0.15) is 4.90 Å². The maximum Gasteiger partial charge on any atom is 0.244 e. The van der Waals surface area contributed by atoms with Crippen molar-refractivity contribution >= 4 is 10.0 Å². The fourth-order valence-electron chi connectivity index (χ4n) is 3.57. The van der Waals surface area contributed by atoms with Gasteiger partial charge in [-0.2, -0.15) is 4.31 Å². The highest BCUT2D eigenvalue weighted by Crippen LogP contribution is 2.39. The summed E-state index contributed by atoms with van der Waals surface area (Å²) in [5, 5.41) is 0. The van der Waals surface area contributed by atoms with Crippen LogP contribution in [0.5, 0.6) is 0 Å². The molecule has 3 aliphatic rings. The van der Waals surface area contributed by atoms with Crippen molar-refractivity contribution in [3.63, 3.8) is 0 Å². The van der Waals surface area contributed by atoms with E-state index in [0.717, 1.165) is 19.1 Å². The lowest BCUT2D eigenvalue weighted by Crippen LogP contribution is -2.34. The van der Waals surface area contributed by atoms with E-state index >= 15 is 0 Å². The molecule has 108 valence electrons. The molecule has 0 aromatic carbocycles. The first kappa shape index (κ1) is 12.7. The van der Waals surface area contributed by atoms with Crippen LogP contribution < -0.4 is 0 Å². The molecule has 2 saturated heterocycles. The lowest BCUT2D eigenvalue weighted by atomic mass is 10.0. The van der Waals surface area contributed by atoms with Crippen molar-refractivity contribution in [2.75, 3.05) is 26.2 Å². The monoisotopic (exact) mass is 293 g/mol. The van der Waals surface area contributed by atoms with E-state index in [1.54, 1.807) is 22.6 Å². The van der Waals surface area contributed by atoms with E-state index in [1.807, 2.05) is 0 Å². The minimum Gasteiger partial charge on any atom is -0.300 e. The van der Waals surface area contributed by atoms with Gasteiger partial charge in [0.05, 0.1) is 0 Å². The largest absolute Gasteiger partial charge is 0.300 e. The minimum atomic E-state index is -3.35. The topological polar surface area (TPSA) is 53.5 Å². The Morgan fingerprint density at radius 2 is 1.80 bits per heavy atom. The molecule has 3 heterocycles. The predicted octanol–water partition coefficient (Wildman–Crippen LogP) is 0.796. The fourth-order valence-corrected chi connectivity index (χ4v) is 5.09. The Hall–Kier alpha value is -0.980. The van der Waals surface area contributed by atoms with Crippen LogP contribution in [0.2, 0.25) is 0 Å². The van der Waals surface area contributed by atoms with Gasteiger partial charge in [-0.1, -0.05) is 0 Å². The van der Waals surface area contributed by atoms with Gasteiger partial charge >= 0.3 is 0 Å². The highest BCUT2D eigenvalue weighted by Gasteiger charge is 2.47. The van der Waals surface area contributed by atoms with Crippen molar-refractivity contribution in [1.29, 1.82) is 0 Å². The maximum atomic E-state index is 12.6. The Morgan fingerprint density at radius 1 is 1.10 bits per heavy atom. The van der Waals surface area contributed by atoms with Crippen LogP contribution in [-0.4, -0.2) is 54.8 Å². The van der Waals surface area contributed by atoms with Gasteiger partial charge < -0.3 is 0 Å². The van der Waals surface area contributed by atoms with Crippen molar-refractivity contribution in [1.82, 2.24) is 14.2 Å². The average Bonchev–Trinajstić information content (AvgIpc) is 3.09. The van der Waals surface area contributed by atoms with Gasteiger partial charge in [0.2, 0.25) is 10.0 Å². The van der Waals surface area contributed by atoms with Crippen molar-refractivity contribution in [3.05, 3.63) is 24.5 Å². The molecule has 1 saturated carbocycles. The Balaban J connectivity index is 1.50. The van der Waals surface area contributed by atoms with E-state index in [0.29, 0.717) is 29.8 Å². The summed E-state index contributed by atoms with van der Waals surface area (Å²) in [6, 6.07) is 4.11. The van der Waals surface area contributed by atoms with Crippen LogP contribution in [0.25, 0.3) is 0 Å². The number of sulfonamides is 1. The number of fused-ring (bicyclic) bond motifs is 1. The summed E-state index contributed by atoms with van der Waals surface area (Å²) in [5.74, 6) is 1.03. The number of rotatable bonds is 3. The summed E-state index contributed by atoms with van der Waals surface area (Å²) < 4.78 is 26.8. The summed E-state index contributed by atoms with van der Waals surface area (Å²) >= 11 is 0. The van der Waals surface area contributed by atoms with E-state index in [9.17, 15) is 8.42 Å². The van der Waals surface area contributed by atoms with Gasteiger partial charge in [0, 0.05) is 44.6 Å². The second-order valence-corrected chi connectivity index (χ2v) is 8.15. The summed E-state index contributed by atoms with van der Waals surface area (Å²) in [6.07, 6.45) is 5.71. The predicted molar refractivity (Wildman–Crippen MR) is 74.6 cm³/mol. The molecular weight excluding hydrogens is 274 g/mol. The van der Waals surface area contributed by atoms with Gasteiger partial charge in [-0.3, -0.25) is 9.88 Å². The minimum absolute atomic E-state index is 0.319. The number of hydrogen-bond donors (Lipinski definition) is 0. The zero-order chi connectivity index (χ0) is 13.7. The molecule has 1 aromatic heterocycles. The number of pyridine rings is 1. The van der Waals surface area contributed by atoms with Crippen molar-refractivity contribution in [2.24, 2.45) is 11.8 Å². The number of hydrogen-bond acceptors (Lipinski definition) is 4. The zero-order valence-electron chi connectivity index (χ0n) is 11.4. The molecule has 2 atom stereocenters. The summed E-state index contributed by atoms with van der Waals surface area (Å²) in [5.41, 5.74) is 0. The van der Waals surface area contributed by atoms with Crippen LogP contribution >= 0.6 is 0 Å². The van der Waals surface area contributed by atoms with E-state index in [-0.39, 0.29) is 0 Å². The van der Waals surface area contributed by atoms with Gasteiger partial charge in [-0.05, 0) is 36.8 Å². The van der Waals surface area contributed by atoms with E-state index in [2.05, 4.69) is 9.88 Å².